The molecular weight excluding hydrogens is 296 g/mol. The van der Waals surface area contributed by atoms with E-state index in [1.807, 2.05) is 0 Å². The van der Waals surface area contributed by atoms with Gasteiger partial charge in [-0.15, -0.1) is 0 Å². The van der Waals surface area contributed by atoms with Gasteiger partial charge in [0.05, 0.1) is 6.04 Å². The average molecular weight is 318 g/mol. The minimum Gasteiger partial charge on any atom is -0.338 e. The van der Waals surface area contributed by atoms with Gasteiger partial charge in [0.2, 0.25) is 5.89 Å². The van der Waals surface area contributed by atoms with E-state index in [1.165, 1.54) is 18.4 Å². The van der Waals surface area contributed by atoms with E-state index in [4.69, 9.17) is 4.52 Å². The molecule has 0 bridgehead atoms. The van der Waals surface area contributed by atoms with Crippen molar-refractivity contribution < 1.29 is 4.52 Å². The molecule has 1 aliphatic heterocycles. The smallest absolute Gasteiger partial charge is 0.243 e. The molecule has 2 aromatic rings. The van der Waals surface area contributed by atoms with Crippen LogP contribution in [-0.2, 0) is 6.54 Å². The van der Waals surface area contributed by atoms with Crippen LogP contribution in [0.3, 0.4) is 0 Å². The molecule has 2 fully saturated rings. The number of aromatic nitrogens is 2. The molecule has 1 saturated carbocycles. The van der Waals surface area contributed by atoms with Crippen LogP contribution in [0.15, 0.2) is 21.3 Å². The SMILES string of the molecule is CC(c1nc(C2CC2)no1)N1CCN(Cc2ccsc2)CC1. The van der Waals surface area contributed by atoms with Gasteiger partial charge in [0, 0.05) is 38.6 Å². The van der Waals surface area contributed by atoms with Gasteiger partial charge in [0.15, 0.2) is 5.82 Å². The number of hydrogen-bond acceptors (Lipinski definition) is 6. The van der Waals surface area contributed by atoms with Crippen molar-refractivity contribution in [2.24, 2.45) is 0 Å². The summed E-state index contributed by atoms with van der Waals surface area (Å²) in [7, 11) is 0. The molecule has 5 nitrogen and oxygen atoms in total. The molecule has 2 aliphatic rings. The van der Waals surface area contributed by atoms with E-state index in [2.05, 4.69) is 43.7 Å². The van der Waals surface area contributed by atoms with Crippen LogP contribution in [-0.4, -0.2) is 46.1 Å². The fourth-order valence-corrected chi connectivity index (χ4v) is 3.69. The third-order valence-corrected chi connectivity index (χ3v) is 5.43. The maximum atomic E-state index is 5.48. The van der Waals surface area contributed by atoms with Gasteiger partial charge in [-0.05, 0) is 42.2 Å². The van der Waals surface area contributed by atoms with Crippen LogP contribution in [0.4, 0.5) is 0 Å². The summed E-state index contributed by atoms with van der Waals surface area (Å²) < 4.78 is 5.48. The molecule has 0 N–H and O–H groups in total. The first kappa shape index (κ1) is 14.4. The average Bonchev–Trinajstić information content (AvgIpc) is 3.06. The van der Waals surface area contributed by atoms with Crippen molar-refractivity contribution >= 4 is 11.3 Å². The molecule has 118 valence electrons. The summed E-state index contributed by atoms with van der Waals surface area (Å²) in [6.07, 6.45) is 2.43. The number of piperazine rings is 1. The molecule has 0 amide bonds. The molecule has 0 aromatic carbocycles. The number of hydrogen-bond donors (Lipinski definition) is 0. The van der Waals surface area contributed by atoms with Crippen molar-refractivity contribution in [1.82, 2.24) is 19.9 Å². The third kappa shape index (κ3) is 3.09. The summed E-state index contributed by atoms with van der Waals surface area (Å²) in [6.45, 7) is 7.57. The van der Waals surface area contributed by atoms with Crippen LogP contribution >= 0.6 is 11.3 Å². The van der Waals surface area contributed by atoms with E-state index in [9.17, 15) is 0 Å². The Kier molecular flexibility index (Phi) is 3.98. The topological polar surface area (TPSA) is 45.4 Å². The molecule has 0 spiro atoms. The Labute approximate surface area is 134 Å². The highest BCUT2D eigenvalue weighted by atomic mass is 32.1. The zero-order valence-corrected chi connectivity index (χ0v) is 13.8. The summed E-state index contributed by atoms with van der Waals surface area (Å²) in [5.41, 5.74) is 1.43. The fraction of sp³-hybridized carbons (Fsp3) is 0.625. The highest BCUT2D eigenvalue weighted by Crippen LogP contribution is 2.38. The molecule has 1 aliphatic carbocycles. The Hall–Kier alpha value is -1.24. The van der Waals surface area contributed by atoms with Gasteiger partial charge in [0.1, 0.15) is 0 Å². The van der Waals surface area contributed by atoms with Crippen LogP contribution in [0, 0.1) is 0 Å². The van der Waals surface area contributed by atoms with Gasteiger partial charge in [-0.2, -0.15) is 16.3 Å². The molecule has 6 heteroatoms. The molecule has 1 unspecified atom stereocenters. The normalized spacial score (nSPS) is 22.0. The lowest BCUT2D eigenvalue weighted by Crippen LogP contribution is -2.46. The predicted molar refractivity (Wildman–Crippen MR) is 85.9 cm³/mol. The first-order valence-corrected chi connectivity index (χ1v) is 9.05. The Balaban J connectivity index is 1.32. The molecule has 4 rings (SSSR count). The molecule has 3 heterocycles. The molecular formula is C16H22N4OS. The fourth-order valence-electron chi connectivity index (χ4n) is 3.03. The Morgan fingerprint density at radius 1 is 1.32 bits per heavy atom. The maximum absolute atomic E-state index is 5.48. The second-order valence-corrected chi connectivity index (χ2v) is 7.16. The monoisotopic (exact) mass is 318 g/mol. The summed E-state index contributed by atoms with van der Waals surface area (Å²) in [5.74, 6) is 2.26. The molecule has 2 aromatic heterocycles. The largest absolute Gasteiger partial charge is 0.338 e. The zero-order valence-electron chi connectivity index (χ0n) is 12.9. The van der Waals surface area contributed by atoms with E-state index in [-0.39, 0.29) is 6.04 Å². The zero-order chi connectivity index (χ0) is 14.9. The highest BCUT2D eigenvalue weighted by Gasteiger charge is 2.31. The van der Waals surface area contributed by atoms with Gasteiger partial charge < -0.3 is 4.52 Å². The summed E-state index contributed by atoms with van der Waals surface area (Å²) in [5, 5.41) is 8.53. The molecule has 1 atom stereocenters. The van der Waals surface area contributed by atoms with Crippen LogP contribution in [0.5, 0.6) is 0 Å². The van der Waals surface area contributed by atoms with Gasteiger partial charge in [-0.1, -0.05) is 5.16 Å². The lowest BCUT2D eigenvalue weighted by Gasteiger charge is -2.36. The van der Waals surface area contributed by atoms with Crippen LogP contribution < -0.4 is 0 Å². The first-order chi connectivity index (χ1) is 10.8. The second-order valence-electron chi connectivity index (χ2n) is 6.38. The quantitative estimate of drug-likeness (QED) is 0.848. The summed E-state index contributed by atoms with van der Waals surface area (Å²) in [6, 6.07) is 2.45. The maximum Gasteiger partial charge on any atom is 0.243 e. The summed E-state index contributed by atoms with van der Waals surface area (Å²) >= 11 is 1.78. The lowest BCUT2D eigenvalue weighted by atomic mass is 10.2. The number of nitrogens with zero attached hydrogens (tertiary/aromatic N) is 4. The van der Waals surface area contributed by atoms with Crippen molar-refractivity contribution in [2.45, 2.75) is 38.3 Å². The minimum atomic E-state index is 0.225. The van der Waals surface area contributed by atoms with E-state index in [1.54, 1.807) is 11.3 Å². The van der Waals surface area contributed by atoms with Gasteiger partial charge >= 0.3 is 0 Å². The minimum absolute atomic E-state index is 0.225. The van der Waals surface area contributed by atoms with Crippen molar-refractivity contribution in [3.63, 3.8) is 0 Å². The highest BCUT2D eigenvalue weighted by molar-refractivity contribution is 7.07. The molecule has 1 saturated heterocycles. The van der Waals surface area contributed by atoms with Crippen molar-refractivity contribution in [2.75, 3.05) is 26.2 Å². The van der Waals surface area contributed by atoms with E-state index >= 15 is 0 Å². The van der Waals surface area contributed by atoms with Crippen molar-refractivity contribution in [1.29, 1.82) is 0 Å². The van der Waals surface area contributed by atoms with Crippen molar-refractivity contribution in [3.8, 4) is 0 Å². The number of rotatable bonds is 5. The lowest BCUT2D eigenvalue weighted by molar-refractivity contribution is 0.0846. The Morgan fingerprint density at radius 3 is 2.82 bits per heavy atom. The predicted octanol–water partition coefficient (Wildman–Crippen LogP) is 2.89. The van der Waals surface area contributed by atoms with Gasteiger partial charge in [-0.25, -0.2) is 0 Å². The molecule has 0 radical (unpaired) electrons. The first-order valence-electron chi connectivity index (χ1n) is 8.10. The van der Waals surface area contributed by atoms with E-state index in [0.717, 1.165) is 44.4 Å². The van der Waals surface area contributed by atoms with Crippen LogP contribution in [0.1, 0.15) is 49.0 Å². The molecule has 22 heavy (non-hydrogen) atoms. The van der Waals surface area contributed by atoms with Crippen molar-refractivity contribution in [3.05, 3.63) is 34.1 Å². The van der Waals surface area contributed by atoms with Crippen LogP contribution in [0.2, 0.25) is 0 Å². The van der Waals surface area contributed by atoms with E-state index < -0.39 is 0 Å². The standard InChI is InChI=1S/C16H22N4OS/c1-12(16-17-15(18-21-16)14-2-3-14)20-7-5-19(6-8-20)10-13-4-9-22-11-13/h4,9,11-12,14H,2-3,5-8,10H2,1H3. The van der Waals surface area contributed by atoms with Gasteiger partial charge in [0.25, 0.3) is 0 Å². The van der Waals surface area contributed by atoms with Crippen LogP contribution in [0.25, 0.3) is 0 Å². The Morgan fingerprint density at radius 2 is 2.14 bits per heavy atom. The second kappa shape index (κ2) is 6.10. The summed E-state index contributed by atoms with van der Waals surface area (Å²) in [4.78, 5) is 9.57. The third-order valence-electron chi connectivity index (χ3n) is 4.70. The van der Waals surface area contributed by atoms with Gasteiger partial charge in [-0.3, -0.25) is 9.80 Å². The Bertz CT molecular complexity index is 599. The van der Waals surface area contributed by atoms with E-state index in [0.29, 0.717) is 5.92 Å². The number of thiophene rings is 1.